The molecule has 2 fully saturated rings. The first-order valence-electron chi connectivity index (χ1n) is 39.0. The van der Waals surface area contributed by atoms with Crippen LogP contribution in [-0.4, -0.2) is 194 Å². The van der Waals surface area contributed by atoms with Crippen LogP contribution < -0.4 is 20.9 Å². The van der Waals surface area contributed by atoms with E-state index < -0.39 is 96.9 Å². The molecule has 133 heavy (non-hydrogen) atoms. The zero-order valence-corrected chi connectivity index (χ0v) is 70.8. The normalized spacial score (nSPS) is 12.2. The second-order valence-electron chi connectivity index (χ2n) is 28.7. The average Bonchev–Trinajstić information content (AvgIpc) is 0.787. The Labute approximate surface area is 751 Å². The summed E-state index contributed by atoms with van der Waals surface area (Å²) in [6.07, 6.45) is -6.39. The van der Waals surface area contributed by atoms with Crippen molar-refractivity contribution in [2.45, 2.75) is 17.2 Å². The van der Waals surface area contributed by atoms with Crippen molar-refractivity contribution in [1.29, 1.82) is 0 Å². The lowest BCUT2D eigenvalue weighted by molar-refractivity contribution is -0.139. The predicted octanol–water partition coefficient (Wildman–Crippen LogP) is 15.8. The van der Waals surface area contributed by atoms with Crippen molar-refractivity contribution in [3.8, 4) is 113 Å². The number of hydrogen-bond acceptors (Lipinski definition) is 23. The molecule has 12 aromatic carbocycles. The summed E-state index contributed by atoms with van der Waals surface area (Å²) in [6, 6.07) is 52.2. The van der Waals surface area contributed by atoms with Crippen LogP contribution >= 0.6 is 0 Å². The molecule has 0 unspecified atom stereocenters. The van der Waals surface area contributed by atoms with Crippen LogP contribution in [0.4, 0.5) is 35.1 Å². The molecule has 0 radical (unpaired) electrons. The Morgan fingerprint density at radius 3 is 0.902 bits per heavy atom. The molecule has 4 amide bonds. The van der Waals surface area contributed by atoms with Crippen LogP contribution in [0.1, 0.15) is 125 Å². The van der Waals surface area contributed by atoms with E-state index in [1.165, 1.54) is 111 Å². The number of benzene rings is 12. The summed E-state index contributed by atoms with van der Waals surface area (Å²) in [5.74, 6) is -8.13. The smallest absolute Gasteiger partial charge is 0.420 e. The molecule has 2 heterocycles. The van der Waals surface area contributed by atoms with Crippen LogP contribution in [0.2, 0.25) is 0 Å². The number of nitrogens with zero attached hydrogens (tertiary/aromatic N) is 2. The van der Waals surface area contributed by atoms with E-state index in [2.05, 4.69) is 0 Å². The van der Waals surface area contributed by atoms with Crippen molar-refractivity contribution in [3.63, 3.8) is 0 Å². The van der Waals surface area contributed by atoms with Crippen LogP contribution in [0.15, 0.2) is 223 Å². The SMILES string of the molecule is COc1cc(-c2ccc(C(=O)O)cc2)cc(C=O)c1O.COc1cc(-c2ccc(S(C)(=O)=O)cc2)cc(C=O)c1O.NC(=O)c1cccc(-c2cc(C=O)c(O)c(C(F)(F)F)c2)c1.NC(=O)c1cccc(-c2cc(F)c(O)c(C=O)c2)c1.O=Cc1cc(-c2cccc(C(=O)N3CCOCC3)c2)cc(C(F)(F)F)c1O.O=Cc1cc(-c2cccc(C(=O)N3CCOCC3)c2)cc(F)c1O. The van der Waals surface area contributed by atoms with Gasteiger partial charge in [-0.05, 0) is 212 Å². The number of amides is 4. The number of primary amides is 2. The van der Waals surface area contributed by atoms with Crippen LogP contribution in [0.3, 0.4) is 0 Å². The first kappa shape index (κ1) is 100. The first-order chi connectivity index (χ1) is 63.1. The van der Waals surface area contributed by atoms with Gasteiger partial charge in [0.1, 0.15) is 11.5 Å². The third kappa shape index (κ3) is 25.6. The number of alkyl halides is 6. The van der Waals surface area contributed by atoms with Crippen LogP contribution in [0.25, 0.3) is 66.8 Å². The summed E-state index contributed by atoms with van der Waals surface area (Å²) in [4.78, 5) is 127. The number of methoxy groups -OCH3 is 2. The van der Waals surface area contributed by atoms with Gasteiger partial charge in [0.25, 0.3) is 11.8 Å². The number of hydrogen-bond donors (Lipinski definition) is 9. The number of phenolic OH excluding ortho intramolecular Hbond substituents is 6. The summed E-state index contributed by atoms with van der Waals surface area (Å²) in [5, 5.41) is 66.4. The minimum absolute atomic E-state index is 0.0373. The molecule has 0 bridgehead atoms. The number of carbonyl (C=O) groups is 11. The van der Waals surface area contributed by atoms with Crippen molar-refractivity contribution >= 4 is 77.2 Å². The Morgan fingerprint density at radius 2 is 0.624 bits per heavy atom. The molecular weight excluding hydrogens is 1780 g/mol. The van der Waals surface area contributed by atoms with E-state index >= 15 is 0 Å². The molecule has 11 N–H and O–H groups in total. The summed E-state index contributed by atoms with van der Waals surface area (Å²) >= 11 is 0. The zero-order chi connectivity index (χ0) is 97.5. The van der Waals surface area contributed by atoms with E-state index in [1.807, 2.05) is 0 Å². The van der Waals surface area contributed by atoms with Gasteiger partial charge in [-0.2, -0.15) is 26.3 Å². The Kier molecular flexibility index (Phi) is 33.7. The Hall–Kier alpha value is -16.3. The van der Waals surface area contributed by atoms with Gasteiger partial charge in [0.15, 0.2) is 93.7 Å². The van der Waals surface area contributed by atoms with Gasteiger partial charge in [-0.1, -0.05) is 72.8 Å². The molecule has 0 aliphatic carbocycles. The van der Waals surface area contributed by atoms with Gasteiger partial charge >= 0.3 is 18.3 Å². The predicted molar refractivity (Wildman–Crippen MR) is 467 cm³/mol. The summed E-state index contributed by atoms with van der Waals surface area (Å²) < 4.78 is 149. The fourth-order valence-electron chi connectivity index (χ4n) is 13.1. The lowest BCUT2D eigenvalue weighted by Gasteiger charge is -2.27. The number of phenols is 6. The van der Waals surface area contributed by atoms with Crippen molar-refractivity contribution in [2.24, 2.45) is 11.5 Å². The number of aldehydes is 6. The Balaban J connectivity index is 0.000000180. The highest BCUT2D eigenvalue weighted by Crippen LogP contribution is 2.44. The van der Waals surface area contributed by atoms with Gasteiger partial charge < -0.3 is 76.0 Å². The summed E-state index contributed by atoms with van der Waals surface area (Å²) in [7, 11) is -0.476. The number of halogens is 8. The van der Waals surface area contributed by atoms with Gasteiger partial charge in [0.2, 0.25) is 11.8 Å². The maximum atomic E-state index is 13.8. The molecule has 0 aromatic heterocycles. The standard InChI is InChI=1S/C19H16F3NO4.C18H16FNO4.C15H10F3NO3.C15H14O5S.C15H12O5.C14H10FNO3/c20-19(21,22)16-10-14(9-15(11-24)17(16)25)12-2-1-3-13(8-12)18(26)23-4-6-27-7-5-23;19-16-10-14(9-15(11-21)17(16)22)12-2-1-3-13(8-12)18(23)20-4-6-24-7-5-20;16-15(17,18)12-6-10(5-11(7-20)13(12)21)8-2-1-3-9(4-8)14(19)22;1-20-14-8-11(7-12(9-16)15(14)17)10-3-5-13(6-4-10)21(2,18)19;1-20-13-7-11(6-12(8-16)14(13)17)9-2-4-10(5-3-9)15(18)19;15-12-6-10(5-11(7-17)13(12)18)8-2-1-3-9(4-8)14(16)19/h1-3,8-11,25H,4-7H2;1-3,8-11,22H,4-7H2;1-7,21H,(H2,19,22);3-9,17H,1-2H3;2-8,17H,1H3,(H,18,19);1-7,18H,(H2,16,19). The summed E-state index contributed by atoms with van der Waals surface area (Å²) in [6.45, 7) is 3.83. The zero-order valence-electron chi connectivity index (χ0n) is 70.0. The average molecular weight is 1860 g/mol. The monoisotopic (exact) mass is 1850 g/mol. The number of aromatic carboxylic acids is 1. The van der Waals surface area contributed by atoms with Gasteiger partial charge in [-0.25, -0.2) is 22.0 Å². The molecule has 2 aliphatic heterocycles. The van der Waals surface area contributed by atoms with Gasteiger partial charge in [-0.15, -0.1) is 0 Å². The van der Waals surface area contributed by atoms with Crippen molar-refractivity contribution in [2.75, 3.05) is 73.1 Å². The van der Waals surface area contributed by atoms with Gasteiger partial charge in [-0.3, -0.25) is 47.9 Å². The van der Waals surface area contributed by atoms with E-state index in [0.717, 1.165) is 42.2 Å². The molecule has 0 spiro atoms. The number of carbonyl (C=O) groups excluding carboxylic acids is 10. The molecule has 14 rings (SSSR count). The topological polar surface area (TPSA) is 459 Å². The fourth-order valence-corrected chi connectivity index (χ4v) is 13.7. The highest BCUT2D eigenvalue weighted by atomic mass is 32.2. The number of aromatic hydroxyl groups is 6. The maximum Gasteiger partial charge on any atom is 0.420 e. The highest BCUT2D eigenvalue weighted by Gasteiger charge is 2.37. The van der Waals surface area contributed by atoms with Crippen LogP contribution in [0, 0.1) is 11.6 Å². The highest BCUT2D eigenvalue weighted by molar-refractivity contribution is 7.90. The minimum atomic E-state index is -4.82. The molecule has 0 saturated carbocycles. The van der Waals surface area contributed by atoms with Crippen LogP contribution in [-0.2, 0) is 31.7 Å². The Bertz CT molecular complexity index is 6540. The molecule has 2 saturated heterocycles. The molecule has 0 atom stereocenters. The van der Waals surface area contributed by atoms with Gasteiger partial charge in [0.05, 0.1) is 95.6 Å². The van der Waals surface area contributed by atoms with E-state index in [-0.39, 0.29) is 108 Å². The van der Waals surface area contributed by atoms with Crippen molar-refractivity contribution in [1.82, 2.24) is 9.80 Å². The largest absolute Gasteiger partial charge is 0.507 e. The molecular formula is C96H78F8N4O24S. The van der Waals surface area contributed by atoms with E-state index in [4.69, 9.17) is 35.5 Å². The number of ether oxygens (including phenoxy) is 4. The van der Waals surface area contributed by atoms with Gasteiger partial charge in [0, 0.05) is 54.7 Å². The molecule has 28 nitrogen and oxygen atoms in total. The number of carboxylic acids is 1. The third-order valence-electron chi connectivity index (χ3n) is 20.0. The summed E-state index contributed by atoms with van der Waals surface area (Å²) in [5.41, 5.74) is 13.4. The first-order valence-corrected chi connectivity index (χ1v) is 40.9. The molecule has 688 valence electrons. The number of rotatable bonds is 20. The van der Waals surface area contributed by atoms with Crippen molar-refractivity contribution in [3.05, 3.63) is 302 Å². The van der Waals surface area contributed by atoms with E-state index in [0.29, 0.717) is 139 Å². The molecule has 2 aliphatic rings. The second-order valence-corrected chi connectivity index (χ2v) is 30.7. The number of nitrogens with two attached hydrogens (primary N) is 2. The van der Waals surface area contributed by atoms with E-state index in [9.17, 15) is 127 Å². The number of morpholine rings is 2. The van der Waals surface area contributed by atoms with E-state index in [1.54, 1.807) is 94.7 Å². The Morgan fingerprint density at radius 1 is 0.353 bits per heavy atom. The van der Waals surface area contributed by atoms with Crippen LogP contribution in [0.5, 0.6) is 46.0 Å². The van der Waals surface area contributed by atoms with Crippen molar-refractivity contribution < 1.29 is 151 Å². The lowest BCUT2D eigenvalue weighted by Crippen LogP contribution is -2.40. The minimum Gasteiger partial charge on any atom is -0.507 e. The second kappa shape index (κ2) is 44.6. The number of sulfone groups is 1. The third-order valence-corrected chi connectivity index (χ3v) is 21.1. The fraction of sp³-hybridized carbons (Fsp3) is 0.135. The maximum absolute atomic E-state index is 13.8. The molecule has 37 heteroatoms. The molecule has 12 aromatic rings. The quantitative estimate of drug-likeness (QED) is 0.0253. The lowest BCUT2D eigenvalue weighted by atomic mass is 9.97. The number of carboxylic acid groups (broad SMARTS) is 1.